The third kappa shape index (κ3) is 4.02. The molecule has 1 aliphatic carbocycles. The first-order valence-electron chi connectivity index (χ1n) is 8.91. The molecular weight excluding hydrogens is 278 g/mol. The van der Waals surface area contributed by atoms with Crippen LogP contribution in [-0.2, 0) is 9.59 Å². The van der Waals surface area contributed by atoms with Crippen molar-refractivity contribution >= 4 is 11.9 Å². The van der Waals surface area contributed by atoms with Crippen LogP contribution in [0.5, 0.6) is 0 Å². The van der Waals surface area contributed by atoms with Gasteiger partial charge < -0.3 is 10.0 Å². The normalized spacial score (nSPS) is 28.1. The Morgan fingerprint density at radius 1 is 1.14 bits per heavy atom. The van der Waals surface area contributed by atoms with Gasteiger partial charge in [0.05, 0.1) is 5.92 Å². The van der Waals surface area contributed by atoms with E-state index in [0.717, 1.165) is 6.42 Å². The maximum Gasteiger partial charge on any atom is 0.308 e. The highest BCUT2D eigenvalue weighted by Gasteiger charge is 2.39. The Morgan fingerprint density at radius 2 is 1.77 bits per heavy atom. The zero-order valence-electron chi connectivity index (χ0n) is 14.3. The number of hydrogen-bond donors (Lipinski definition) is 1. The summed E-state index contributed by atoms with van der Waals surface area (Å²) in [5, 5.41) is 9.25. The molecule has 4 nitrogen and oxygen atoms in total. The Morgan fingerprint density at radius 3 is 2.27 bits per heavy atom. The summed E-state index contributed by atoms with van der Waals surface area (Å²) in [7, 11) is 0. The fourth-order valence-electron chi connectivity index (χ4n) is 4.14. The molecule has 22 heavy (non-hydrogen) atoms. The van der Waals surface area contributed by atoms with Crippen LogP contribution in [0.25, 0.3) is 0 Å². The number of hydrogen-bond acceptors (Lipinski definition) is 2. The number of carboxylic acid groups (broad SMARTS) is 1. The highest BCUT2D eigenvalue weighted by molar-refractivity contribution is 5.81. The largest absolute Gasteiger partial charge is 0.481 e. The molecule has 126 valence electrons. The summed E-state index contributed by atoms with van der Waals surface area (Å²) in [5.74, 6) is 0.152. The van der Waals surface area contributed by atoms with Crippen LogP contribution in [0.2, 0.25) is 0 Å². The molecule has 1 unspecified atom stereocenters. The van der Waals surface area contributed by atoms with Gasteiger partial charge in [-0.25, -0.2) is 0 Å². The van der Waals surface area contributed by atoms with Crippen LogP contribution in [0.1, 0.15) is 59.3 Å². The highest BCUT2D eigenvalue weighted by Crippen LogP contribution is 2.34. The van der Waals surface area contributed by atoms with E-state index in [0.29, 0.717) is 24.9 Å². The van der Waals surface area contributed by atoms with Crippen molar-refractivity contribution in [3.05, 3.63) is 0 Å². The Bertz CT molecular complexity index is 401. The molecule has 1 N–H and O–H groups in total. The van der Waals surface area contributed by atoms with Crippen LogP contribution in [0, 0.1) is 29.6 Å². The number of carboxylic acids is 1. The van der Waals surface area contributed by atoms with Crippen LogP contribution in [0.15, 0.2) is 0 Å². The molecule has 0 spiro atoms. The number of likely N-dealkylation sites (tertiary alicyclic amines) is 1. The van der Waals surface area contributed by atoms with Gasteiger partial charge in [0.1, 0.15) is 0 Å². The topological polar surface area (TPSA) is 57.6 Å². The number of nitrogens with zero attached hydrogens (tertiary/aromatic N) is 1. The van der Waals surface area contributed by atoms with Crippen molar-refractivity contribution in [3.63, 3.8) is 0 Å². The zero-order valence-corrected chi connectivity index (χ0v) is 14.3. The van der Waals surface area contributed by atoms with E-state index in [9.17, 15) is 14.7 Å². The molecule has 1 amide bonds. The second-order valence-electron chi connectivity index (χ2n) is 7.76. The molecule has 4 heteroatoms. The summed E-state index contributed by atoms with van der Waals surface area (Å²) < 4.78 is 0. The van der Waals surface area contributed by atoms with Gasteiger partial charge in [-0.15, -0.1) is 0 Å². The second-order valence-corrected chi connectivity index (χ2v) is 7.76. The molecule has 0 aromatic heterocycles. The third-order valence-corrected chi connectivity index (χ3v) is 5.68. The van der Waals surface area contributed by atoms with Gasteiger partial charge in [-0.3, -0.25) is 9.59 Å². The minimum Gasteiger partial charge on any atom is -0.481 e. The standard InChI is InChI=1S/C18H31NO3/c1-12(2)15(9-14-7-5-4-6-8-14)17(20)19-10-13(3)16(11-19)18(21)22/h12-16H,4-11H2,1-3H3,(H,21,22)/t13-,15?,16-/m1/s1. The lowest BCUT2D eigenvalue weighted by Crippen LogP contribution is -2.38. The van der Waals surface area contributed by atoms with E-state index in [1.165, 1.54) is 32.1 Å². The quantitative estimate of drug-likeness (QED) is 0.846. The summed E-state index contributed by atoms with van der Waals surface area (Å²) in [6.07, 6.45) is 7.42. The molecule has 2 rings (SSSR count). The zero-order chi connectivity index (χ0) is 16.3. The van der Waals surface area contributed by atoms with Crippen LogP contribution in [-0.4, -0.2) is 35.0 Å². The van der Waals surface area contributed by atoms with Gasteiger partial charge in [-0.2, -0.15) is 0 Å². The summed E-state index contributed by atoms with van der Waals surface area (Å²) in [6.45, 7) is 7.18. The molecule has 0 bridgehead atoms. The Labute approximate surface area is 134 Å². The van der Waals surface area contributed by atoms with Crippen molar-refractivity contribution in [1.29, 1.82) is 0 Å². The van der Waals surface area contributed by atoms with Gasteiger partial charge in [0.25, 0.3) is 0 Å². The fraction of sp³-hybridized carbons (Fsp3) is 0.889. The molecule has 1 saturated heterocycles. The third-order valence-electron chi connectivity index (χ3n) is 5.68. The van der Waals surface area contributed by atoms with E-state index in [1.807, 2.05) is 11.8 Å². The van der Waals surface area contributed by atoms with Crippen LogP contribution < -0.4 is 0 Å². The van der Waals surface area contributed by atoms with Gasteiger partial charge in [0, 0.05) is 19.0 Å². The molecule has 0 aromatic rings. The molecule has 0 radical (unpaired) electrons. The molecule has 1 saturated carbocycles. The maximum atomic E-state index is 12.9. The second kappa shape index (κ2) is 7.47. The summed E-state index contributed by atoms with van der Waals surface area (Å²) in [4.78, 5) is 26.0. The fourth-order valence-corrected chi connectivity index (χ4v) is 4.14. The minimum absolute atomic E-state index is 0.0582. The summed E-state index contributed by atoms with van der Waals surface area (Å²) in [6, 6.07) is 0. The summed E-state index contributed by atoms with van der Waals surface area (Å²) in [5.41, 5.74) is 0. The Hall–Kier alpha value is -1.06. The van der Waals surface area contributed by atoms with Crippen molar-refractivity contribution in [3.8, 4) is 0 Å². The first kappa shape index (κ1) is 17.3. The van der Waals surface area contributed by atoms with Crippen molar-refractivity contribution < 1.29 is 14.7 Å². The molecule has 3 atom stereocenters. The van der Waals surface area contributed by atoms with E-state index in [2.05, 4.69) is 13.8 Å². The van der Waals surface area contributed by atoms with Gasteiger partial charge >= 0.3 is 5.97 Å². The minimum atomic E-state index is -0.767. The predicted molar refractivity (Wildman–Crippen MR) is 86.4 cm³/mol. The highest BCUT2D eigenvalue weighted by atomic mass is 16.4. The smallest absolute Gasteiger partial charge is 0.308 e. The van der Waals surface area contributed by atoms with E-state index in [-0.39, 0.29) is 17.7 Å². The van der Waals surface area contributed by atoms with Crippen molar-refractivity contribution in [2.75, 3.05) is 13.1 Å². The van der Waals surface area contributed by atoms with Crippen molar-refractivity contribution in [2.45, 2.75) is 59.3 Å². The maximum absolute atomic E-state index is 12.9. The van der Waals surface area contributed by atoms with Gasteiger partial charge in [-0.1, -0.05) is 52.9 Å². The number of rotatable bonds is 5. The lowest BCUT2D eigenvalue weighted by Gasteiger charge is -2.31. The number of amides is 1. The molecule has 1 aliphatic heterocycles. The Balaban J connectivity index is 1.99. The molecular formula is C18H31NO3. The monoisotopic (exact) mass is 309 g/mol. The average molecular weight is 309 g/mol. The van der Waals surface area contributed by atoms with Gasteiger partial charge in [-0.05, 0) is 24.2 Å². The Kier molecular flexibility index (Phi) is 5.87. The molecule has 1 heterocycles. The number of aliphatic carboxylic acids is 1. The predicted octanol–water partition coefficient (Wildman–Crippen LogP) is 3.41. The van der Waals surface area contributed by atoms with Crippen molar-refractivity contribution in [1.82, 2.24) is 4.90 Å². The first-order valence-corrected chi connectivity index (χ1v) is 8.91. The van der Waals surface area contributed by atoms with E-state index in [4.69, 9.17) is 0 Å². The van der Waals surface area contributed by atoms with Gasteiger partial charge in [0.15, 0.2) is 0 Å². The lowest BCUT2D eigenvalue weighted by molar-refractivity contribution is -0.142. The summed E-state index contributed by atoms with van der Waals surface area (Å²) >= 11 is 0. The van der Waals surface area contributed by atoms with E-state index in [1.54, 1.807) is 0 Å². The van der Waals surface area contributed by atoms with Crippen molar-refractivity contribution in [2.24, 2.45) is 29.6 Å². The number of carbonyl (C=O) groups excluding carboxylic acids is 1. The SMILES string of the molecule is CC(C)C(CC1CCCCC1)C(=O)N1C[C@@H](C)[C@H](C(=O)O)C1. The first-order chi connectivity index (χ1) is 10.4. The van der Waals surface area contributed by atoms with Gasteiger partial charge in [0.2, 0.25) is 5.91 Å². The molecule has 2 fully saturated rings. The van der Waals surface area contributed by atoms with E-state index >= 15 is 0 Å². The van der Waals surface area contributed by atoms with Crippen LogP contribution >= 0.6 is 0 Å². The lowest BCUT2D eigenvalue weighted by atomic mass is 9.79. The number of carbonyl (C=O) groups is 2. The van der Waals surface area contributed by atoms with Crippen LogP contribution in [0.4, 0.5) is 0 Å². The molecule has 2 aliphatic rings. The van der Waals surface area contributed by atoms with E-state index < -0.39 is 11.9 Å². The molecule has 0 aromatic carbocycles. The van der Waals surface area contributed by atoms with Crippen LogP contribution in [0.3, 0.4) is 0 Å². The average Bonchev–Trinajstić information content (AvgIpc) is 2.87.